The molecule has 2 atom stereocenters. The number of amides is 2. The van der Waals surface area contributed by atoms with Gasteiger partial charge in [0.25, 0.3) is 0 Å². The van der Waals surface area contributed by atoms with Gasteiger partial charge in [-0.25, -0.2) is 0 Å². The fraction of sp³-hybridized carbons (Fsp3) is 0.579. The fourth-order valence-corrected chi connectivity index (χ4v) is 3.12. The van der Waals surface area contributed by atoms with E-state index < -0.39 is 5.60 Å². The lowest BCUT2D eigenvalue weighted by Crippen LogP contribution is -2.47. The van der Waals surface area contributed by atoms with E-state index in [9.17, 15) is 14.7 Å². The normalized spacial score (nSPS) is 20.3. The van der Waals surface area contributed by atoms with E-state index in [-0.39, 0.29) is 24.2 Å². The Bertz CT molecular complexity index is 557. The van der Waals surface area contributed by atoms with Gasteiger partial charge < -0.3 is 15.3 Å². The van der Waals surface area contributed by atoms with E-state index in [1.54, 1.807) is 11.8 Å². The van der Waals surface area contributed by atoms with Crippen LogP contribution in [0.15, 0.2) is 30.3 Å². The summed E-state index contributed by atoms with van der Waals surface area (Å²) in [7, 11) is 0. The maximum absolute atomic E-state index is 12.6. The van der Waals surface area contributed by atoms with E-state index in [0.717, 1.165) is 24.8 Å². The highest BCUT2D eigenvalue weighted by atomic mass is 16.3. The molecule has 1 aromatic carbocycles. The zero-order chi connectivity index (χ0) is 17.6. The lowest BCUT2D eigenvalue weighted by Gasteiger charge is -2.34. The molecule has 132 valence electrons. The van der Waals surface area contributed by atoms with Crippen molar-refractivity contribution in [1.29, 1.82) is 0 Å². The van der Waals surface area contributed by atoms with Crippen LogP contribution in [0, 0.1) is 5.92 Å². The van der Waals surface area contributed by atoms with Crippen molar-refractivity contribution < 1.29 is 14.7 Å². The standard InChI is InChI=1S/C19H28N2O3/c1-3-11-20-18(23)15-8-7-12-21(14-15)17(22)13-19(2,24)16-9-5-4-6-10-16/h4-6,9-10,15,24H,3,7-8,11-14H2,1-2H3,(H,20,23). The van der Waals surface area contributed by atoms with Crippen LogP contribution in [0.25, 0.3) is 0 Å². The predicted molar refractivity (Wildman–Crippen MR) is 93.2 cm³/mol. The van der Waals surface area contributed by atoms with E-state index in [1.807, 2.05) is 37.3 Å². The lowest BCUT2D eigenvalue weighted by atomic mass is 9.90. The molecule has 1 heterocycles. The largest absolute Gasteiger partial charge is 0.385 e. The number of hydrogen-bond acceptors (Lipinski definition) is 3. The molecule has 2 N–H and O–H groups in total. The summed E-state index contributed by atoms with van der Waals surface area (Å²) in [5.41, 5.74) is -0.469. The Kier molecular flexibility index (Phi) is 6.37. The molecule has 1 saturated heterocycles. The number of hydrogen-bond donors (Lipinski definition) is 2. The quantitative estimate of drug-likeness (QED) is 0.838. The summed E-state index contributed by atoms with van der Waals surface area (Å²) in [6, 6.07) is 9.23. The van der Waals surface area contributed by atoms with Crippen LogP contribution in [0.3, 0.4) is 0 Å². The van der Waals surface area contributed by atoms with Gasteiger partial charge >= 0.3 is 0 Å². The van der Waals surface area contributed by atoms with Gasteiger partial charge in [0.2, 0.25) is 11.8 Å². The zero-order valence-corrected chi connectivity index (χ0v) is 14.6. The maximum Gasteiger partial charge on any atom is 0.225 e. The number of carbonyl (C=O) groups excluding carboxylic acids is 2. The van der Waals surface area contributed by atoms with Crippen LogP contribution >= 0.6 is 0 Å². The summed E-state index contributed by atoms with van der Waals surface area (Å²) >= 11 is 0. The van der Waals surface area contributed by atoms with Gasteiger partial charge in [-0.15, -0.1) is 0 Å². The number of carbonyl (C=O) groups is 2. The average molecular weight is 332 g/mol. The second-order valence-corrected chi connectivity index (χ2v) is 6.79. The van der Waals surface area contributed by atoms with Gasteiger partial charge in [0.1, 0.15) is 0 Å². The summed E-state index contributed by atoms with van der Waals surface area (Å²) in [6.45, 7) is 5.45. The van der Waals surface area contributed by atoms with Gasteiger partial charge in [-0.2, -0.15) is 0 Å². The summed E-state index contributed by atoms with van der Waals surface area (Å²) in [5, 5.41) is 13.6. The Labute approximate surface area is 144 Å². The number of piperidine rings is 1. The minimum absolute atomic E-state index is 0.0281. The molecule has 1 aliphatic heterocycles. The van der Waals surface area contributed by atoms with Gasteiger partial charge in [0.15, 0.2) is 0 Å². The minimum atomic E-state index is -1.20. The smallest absolute Gasteiger partial charge is 0.225 e. The first-order chi connectivity index (χ1) is 11.4. The van der Waals surface area contributed by atoms with E-state index in [4.69, 9.17) is 0 Å². The molecule has 1 aromatic rings. The van der Waals surface area contributed by atoms with Crippen LogP contribution in [0.4, 0.5) is 0 Å². The Morgan fingerprint density at radius 1 is 1.33 bits per heavy atom. The number of benzene rings is 1. The lowest BCUT2D eigenvalue weighted by molar-refractivity contribution is -0.139. The summed E-state index contributed by atoms with van der Waals surface area (Å²) < 4.78 is 0. The first-order valence-electron chi connectivity index (χ1n) is 8.77. The zero-order valence-electron chi connectivity index (χ0n) is 14.6. The molecule has 0 spiro atoms. The van der Waals surface area contributed by atoms with Crippen LogP contribution in [0.1, 0.15) is 45.1 Å². The topological polar surface area (TPSA) is 69.6 Å². The predicted octanol–water partition coefficient (Wildman–Crippen LogP) is 2.05. The second-order valence-electron chi connectivity index (χ2n) is 6.79. The summed E-state index contributed by atoms with van der Waals surface area (Å²) in [4.78, 5) is 26.5. The van der Waals surface area contributed by atoms with Gasteiger partial charge in [0.05, 0.1) is 17.9 Å². The number of aliphatic hydroxyl groups is 1. The molecular formula is C19H28N2O3. The SMILES string of the molecule is CCCNC(=O)C1CCCN(C(=O)CC(C)(O)c2ccccc2)C1. The average Bonchev–Trinajstić information content (AvgIpc) is 2.60. The van der Waals surface area contributed by atoms with Crippen molar-refractivity contribution in [3.05, 3.63) is 35.9 Å². The van der Waals surface area contributed by atoms with Crippen LogP contribution in [-0.4, -0.2) is 41.5 Å². The molecule has 0 radical (unpaired) electrons. The molecule has 1 aliphatic rings. The number of rotatable bonds is 6. The van der Waals surface area contributed by atoms with Crippen LogP contribution in [-0.2, 0) is 15.2 Å². The molecule has 2 rings (SSSR count). The Morgan fingerprint density at radius 2 is 2.04 bits per heavy atom. The summed E-state index contributed by atoms with van der Waals surface area (Å²) in [5.74, 6) is -0.211. The molecule has 1 fully saturated rings. The number of nitrogens with zero attached hydrogens (tertiary/aromatic N) is 1. The van der Waals surface area contributed by atoms with Crippen molar-refractivity contribution in [2.75, 3.05) is 19.6 Å². The Balaban J connectivity index is 1.95. The highest BCUT2D eigenvalue weighted by Crippen LogP contribution is 2.26. The second kappa shape index (κ2) is 8.29. The van der Waals surface area contributed by atoms with Crippen molar-refractivity contribution in [1.82, 2.24) is 10.2 Å². The van der Waals surface area contributed by atoms with Crippen molar-refractivity contribution in [3.8, 4) is 0 Å². The van der Waals surface area contributed by atoms with E-state index >= 15 is 0 Å². The Hall–Kier alpha value is -1.88. The number of nitrogens with one attached hydrogen (secondary N) is 1. The molecule has 5 nitrogen and oxygen atoms in total. The van der Waals surface area contributed by atoms with E-state index in [0.29, 0.717) is 19.6 Å². The van der Waals surface area contributed by atoms with Crippen LogP contribution in [0.2, 0.25) is 0 Å². The molecule has 24 heavy (non-hydrogen) atoms. The van der Waals surface area contributed by atoms with Gasteiger partial charge in [-0.05, 0) is 31.7 Å². The Morgan fingerprint density at radius 3 is 2.71 bits per heavy atom. The molecule has 0 bridgehead atoms. The van der Waals surface area contributed by atoms with Crippen molar-refractivity contribution in [3.63, 3.8) is 0 Å². The molecule has 0 saturated carbocycles. The summed E-state index contributed by atoms with van der Waals surface area (Å²) in [6.07, 6.45) is 2.57. The van der Waals surface area contributed by atoms with Gasteiger partial charge in [-0.3, -0.25) is 9.59 Å². The van der Waals surface area contributed by atoms with Crippen LogP contribution in [0.5, 0.6) is 0 Å². The van der Waals surface area contributed by atoms with Crippen molar-refractivity contribution in [2.24, 2.45) is 5.92 Å². The third-order valence-corrected chi connectivity index (χ3v) is 4.59. The first kappa shape index (κ1) is 18.5. The van der Waals surface area contributed by atoms with E-state index in [2.05, 4.69) is 5.32 Å². The molecule has 0 aliphatic carbocycles. The van der Waals surface area contributed by atoms with Crippen molar-refractivity contribution in [2.45, 2.75) is 45.1 Å². The number of likely N-dealkylation sites (tertiary alicyclic amines) is 1. The molecule has 5 heteroatoms. The highest BCUT2D eigenvalue weighted by molar-refractivity contribution is 5.81. The molecule has 2 unspecified atom stereocenters. The van der Waals surface area contributed by atoms with Gasteiger partial charge in [-0.1, -0.05) is 37.3 Å². The first-order valence-corrected chi connectivity index (χ1v) is 8.77. The van der Waals surface area contributed by atoms with Gasteiger partial charge in [0, 0.05) is 19.6 Å². The van der Waals surface area contributed by atoms with E-state index in [1.165, 1.54) is 0 Å². The van der Waals surface area contributed by atoms with Crippen LogP contribution < -0.4 is 5.32 Å². The molecule has 0 aromatic heterocycles. The third kappa shape index (κ3) is 4.81. The third-order valence-electron chi connectivity index (χ3n) is 4.59. The minimum Gasteiger partial charge on any atom is -0.385 e. The maximum atomic E-state index is 12.6. The molecular weight excluding hydrogens is 304 g/mol. The molecule has 2 amide bonds. The highest BCUT2D eigenvalue weighted by Gasteiger charge is 2.32. The fourth-order valence-electron chi connectivity index (χ4n) is 3.12. The monoisotopic (exact) mass is 332 g/mol. The van der Waals surface area contributed by atoms with Crippen molar-refractivity contribution >= 4 is 11.8 Å².